The van der Waals surface area contributed by atoms with Gasteiger partial charge in [0.15, 0.2) is 0 Å². The number of alkyl halides is 6. The SMILES string of the molecule is CC(C)([CH2][Sn]([CH2]C(C)(C)c1ccccc1)([c]1cccc(C(F)(F)F)c1)[c]1cccc(C(F)(F)F)c1)c1ccccc1. The van der Waals surface area contributed by atoms with Crippen LogP contribution >= 0.6 is 0 Å². The van der Waals surface area contributed by atoms with Gasteiger partial charge >= 0.3 is 243 Å². The number of rotatable bonds is 8. The summed E-state index contributed by atoms with van der Waals surface area (Å²) in [7, 11) is 0. The maximum absolute atomic E-state index is 14.1. The van der Waals surface area contributed by atoms with Crippen LogP contribution in [0, 0.1) is 0 Å². The van der Waals surface area contributed by atoms with Crippen molar-refractivity contribution in [2.45, 2.75) is 59.8 Å². The number of halogens is 6. The van der Waals surface area contributed by atoms with Crippen molar-refractivity contribution >= 4 is 25.5 Å². The van der Waals surface area contributed by atoms with Gasteiger partial charge in [0.05, 0.1) is 0 Å². The summed E-state index contributed by atoms with van der Waals surface area (Å²) in [5.74, 6) is 0. The Kier molecular flexibility index (Phi) is 8.75. The first-order valence-electron chi connectivity index (χ1n) is 13.5. The summed E-state index contributed by atoms with van der Waals surface area (Å²) in [6.45, 7) is 8.19. The zero-order valence-electron chi connectivity index (χ0n) is 23.6. The Bertz CT molecular complexity index is 1340. The van der Waals surface area contributed by atoms with Gasteiger partial charge in [-0.1, -0.05) is 0 Å². The van der Waals surface area contributed by atoms with Gasteiger partial charge < -0.3 is 0 Å². The molecule has 0 aliphatic rings. The summed E-state index contributed by atoms with van der Waals surface area (Å²) in [6.07, 6.45) is -9.16. The van der Waals surface area contributed by atoms with Gasteiger partial charge in [-0.25, -0.2) is 0 Å². The normalized spacial score (nSPS) is 13.3. The first-order chi connectivity index (χ1) is 19.0. The van der Waals surface area contributed by atoms with Crippen molar-refractivity contribution in [1.29, 1.82) is 0 Å². The topological polar surface area (TPSA) is 0 Å². The monoisotopic (exact) mass is 676 g/mol. The fraction of sp³-hybridized carbons (Fsp3) is 0.294. The van der Waals surface area contributed by atoms with Crippen LogP contribution in [0.4, 0.5) is 26.3 Å². The molecule has 0 nitrogen and oxygen atoms in total. The first-order valence-corrected chi connectivity index (χ1v) is 20.4. The van der Waals surface area contributed by atoms with Crippen LogP contribution < -0.4 is 7.16 Å². The van der Waals surface area contributed by atoms with Crippen LogP contribution in [0.25, 0.3) is 0 Å². The molecule has 4 rings (SSSR count). The summed E-state index contributed by atoms with van der Waals surface area (Å²) in [6, 6.07) is 30.1. The molecule has 0 aliphatic carbocycles. The predicted molar refractivity (Wildman–Crippen MR) is 156 cm³/mol. The quantitative estimate of drug-likeness (QED) is 0.129. The van der Waals surface area contributed by atoms with Gasteiger partial charge in [0.25, 0.3) is 0 Å². The minimum absolute atomic E-state index is 0.477. The second-order valence-corrected chi connectivity index (χ2v) is 23.6. The molecule has 0 aromatic heterocycles. The van der Waals surface area contributed by atoms with E-state index in [1.807, 2.05) is 88.4 Å². The van der Waals surface area contributed by atoms with Gasteiger partial charge in [-0.3, -0.25) is 0 Å². The Morgan fingerprint density at radius 2 is 0.756 bits per heavy atom. The molecule has 216 valence electrons. The summed E-state index contributed by atoms with van der Waals surface area (Å²) in [5, 5.41) is 0. The molecule has 4 aromatic rings. The minimum atomic E-state index is -4.58. The maximum atomic E-state index is 14.1. The average molecular weight is 675 g/mol. The van der Waals surface area contributed by atoms with Crippen LogP contribution in [-0.4, -0.2) is 18.4 Å². The third-order valence-corrected chi connectivity index (χ3v) is 24.7. The number of hydrogen-bond acceptors (Lipinski definition) is 0. The zero-order valence-corrected chi connectivity index (χ0v) is 26.4. The Labute approximate surface area is 242 Å². The van der Waals surface area contributed by atoms with Crippen molar-refractivity contribution in [3.05, 3.63) is 131 Å². The molecule has 0 heterocycles. The van der Waals surface area contributed by atoms with Crippen molar-refractivity contribution in [3.63, 3.8) is 0 Å². The Hall–Kier alpha value is -2.74. The van der Waals surface area contributed by atoms with Crippen LogP contribution in [-0.2, 0) is 23.2 Å². The van der Waals surface area contributed by atoms with E-state index < -0.39 is 52.7 Å². The summed E-state index contributed by atoms with van der Waals surface area (Å²) >= 11 is -4.52. The molecule has 0 fully saturated rings. The standard InChI is InChI=1S/2C10H13.2C7H4F3.Sn/c2*1-10(2,3)9-7-5-4-6-8-9;2*8-7(9,10)6-4-2-1-3-5-6;/h2*4-8H,1H2,2-3H3;2*1-2,4-5H;. The van der Waals surface area contributed by atoms with Crippen LogP contribution in [0.3, 0.4) is 0 Å². The molecule has 4 aromatic carbocycles. The fourth-order valence-corrected chi connectivity index (χ4v) is 24.4. The van der Waals surface area contributed by atoms with Gasteiger partial charge in [0, 0.05) is 0 Å². The Balaban J connectivity index is 2.06. The van der Waals surface area contributed by atoms with Gasteiger partial charge in [0.1, 0.15) is 0 Å². The van der Waals surface area contributed by atoms with E-state index in [2.05, 4.69) is 0 Å². The third kappa shape index (κ3) is 7.01. The molecule has 0 saturated heterocycles. The van der Waals surface area contributed by atoms with Crippen molar-refractivity contribution in [3.8, 4) is 0 Å². The molecule has 0 saturated carbocycles. The predicted octanol–water partition coefficient (Wildman–Crippen LogP) is 9.24. The van der Waals surface area contributed by atoms with Crippen LogP contribution in [0.5, 0.6) is 0 Å². The molecule has 0 atom stereocenters. The molecule has 0 bridgehead atoms. The van der Waals surface area contributed by atoms with Gasteiger partial charge in [-0.05, 0) is 0 Å². The first kappa shape index (κ1) is 31.2. The Morgan fingerprint density at radius 3 is 1.07 bits per heavy atom. The molecule has 0 spiro atoms. The fourth-order valence-electron chi connectivity index (χ4n) is 6.12. The van der Waals surface area contributed by atoms with Gasteiger partial charge in [-0.2, -0.15) is 0 Å². The van der Waals surface area contributed by atoms with E-state index >= 15 is 0 Å². The molecular formula is C34H34F6Sn. The molecule has 0 aliphatic heterocycles. The van der Waals surface area contributed by atoms with Crippen molar-refractivity contribution in [2.24, 2.45) is 0 Å². The second kappa shape index (κ2) is 11.5. The molecule has 0 unspecified atom stereocenters. The van der Waals surface area contributed by atoms with E-state index in [0.717, 1.165) is 23.3 Å². The molecule has 0 N–H and O–H groups in total. The van der Waals surface area contributed by atoms with Gasteiger partial charge in [-0.15, -0.1) is 0 Å². The summed E-state index contributed by atoms with van der Waals surface area (Å²) in [5.41, 5.74) is -0.606. The van der Waals surface area contributed by atoms with Crippen LogP contribution in [0.2, 0.25) is 8.87 Å². The van der Waals surface area contributed by atoms with Crippen molar-refractivity contribution in [1.82, 2.24) is 0 Å². The van der Waals surface area contributed by atoms with Gasteiger partial charge in [0.2, 0.25) is 0 Å². The molecular weight excluding hydrogens is 641 g/mol. The molecule has 7 heteroatoms. The van der Waals surface area contributed by atoms with Crippen molar-refractivity contribution < 1.29 is 26.3 Å². The van der Waals surface area contributed by atoms with Crippen molar-refractivity contribution in [2.75, 3.05) is 0 Å². The van der Waals surface area contributed by atoms with Crippen LogP contribution in [0.1, 0.15) is 49.9 Å². The van der Waals surface area contributed by atoms with E-state index in [9.17, 15) is 26.3 Å². The number of hydrogen-bond donors (Lipinski definition) is 0. The zero-order chi connectivity index (χ0) is 30.1. The second-order valence-electron chi connectivity index (χ2n) is 12.1. The van der Waals surface area contributed by atoms with E-state index in [1.54, 1.807) is 12.1 Å². The van der Waals surface area contributed by atoms with E-state index in [1.165, 1.54) is 24.3 Å². The summed E-state index contributed by atoms with van der Waals surface area (Å²) < 4.78 is 86.4. The third-order valence-electron chi connectivity index (χ3n) is 8.08. The Morgan fingerprint density at radius 1 is 0.439 bits per heavy atom. The number of benzene rings is 4. The van der Waals surface area contributed by atoms with E-state index in [0.29, 0.717) is 16.0 Å². The summed E-state index contributed by atoms with van der Waals surface area (Å²) in [4.78, 5) is 0. The average Bonchev–Trinajstić information content (AvgIpc) is 2.92. The van der Waals surface area contributed by atoms with E-state index in [4.69, 9.17) is 0 Å². The molecule has 0 radical (unpaired) electrons. The van der Waals surface area contributed by atoms with Crippen LogP contribution in [0.15, 0.2) is 109 Å². The van der Waals surface area contributed by atoms with E-state index in [-0.39, 0.29) is 0 Å². The molecule has 0 amide bonds. The molecule has 41 heavy (non-hydrogen) atoms.